The molecule has 0 aromatic carbocycles. The van der Waals surface area contributed by atoms with Crippen molar-refractivity contribution in [3.05, 3.63) is 11.8 Å². The zero-order valence-electron chi connectivity index (χ0n) is 7.93. The van der Waals surface area contributed by atoms with Crippen molar-refractivity contribution in [3.63, 3.8) is 0 Å². The summed E-state index contributed by atoms with van der Waals surface area (Å²) >= 11 is 0. The van der Waals surface area contributed by atoms with Crippen LogP contribution < -0.4 is 11.1 Å². The fourth-order valence-corrected chi connectivity index (χ4v) is 1.93. The Kier molecular flexibility index (Phi) is 2.00. The molecule has 1 aromatic rings. The molecule has 1 atom stereocenters. The van der Waals surface area contributed by atoms with Crippen LogP contribution >= 0.6 is 0 Å². The molecule has 1 fully saturated rings. The second-order valence-electron chi connectivity index (χ2n) is 4.05. The molecule has 0 spiro atoms. The Morgan fingerprint density at radius 3 is 3.00 bits per heavy atom. The van der Waals surface area contributed by atoms with Crippen molar-refractivity contribution in [2.75, 3.05) is 18.8 Å². The lowest BCUT2D eigenvalue weighted by atomic mass is 9.80. The highest BCUT2D eigenvalue weighted by Crippen LogP contribution is 2.29. The van der Waals surface area contributed by atoms with Crippen LogP contribution in [0.3, 0.4) is 0 Å². The Balaban J connectivity index is 2.22. The molecule has 0 bridgehead atoms. The molecule has 4 heteroatoms. The summed E-state index contributed by atoms with van der Waals surface area (Å²) in [5.74, 6) is 0.585. The van der Waals surface area contributed by atoms with E-state index in [1.807, 2.05) is 6.07 Å². The SMILES string of the molecule is CC1(c2cc(N)n[nH]2)CCCNC1. The number of rotatable bonds is 1. The molecule has 1 aliphatic rings. The topological polar surface area (TPSA) is 66.7 Å². The third kappa shape index (κ3) is 1.54. The van der Waals surface area contributed by atoms with Crippen LogP contribution in [0.5, 0.6) is 0 Å². The van der Waals surface area contributed by atoms with Gasteiger partial charge in [0.15, 0.2) is 0 Å². The number of piperidine rings is 1. The lowest BCUT2D eigenvalue weighted by Crippen LogP contribution is -2.41. The maximum absolute atomic E-state index is 5.58. The molecule has 0 radical (unpaired) electrons. The maximum Gasteiger partial charge on any atom is 0.145 e. The number of nitrogen functional groups attached to an aromatic ring is 1. The number of anilines is 1. The summed E-state index contributed by atoms with van der Waals surface area (Å²) in [6.07, 6.45) is 2.41. The minimum Gasteiger partial charge on any atom is -0.382 e. The van der Waals surface area contributed by atoms with Gasteiger partial charge in [0.25, 0.3) is 0 Å². The van der Waals surface area contributed by atoms with E-state index in [1.165, 1.54) is 12.8 Å². The van der Waals surface area contributed by atoms with Gasteiger partial charge < -0.3 is 11.1 Å². The molecule has 4 N–H and O–H groups in total. The monoisotopic (exact) mass is 180 g/mol. The molecule has 72 valence electrons. The number of nitrogens with zero attached hydrogens (tertiary/aromatic N) is 1. The summed E-state index contributed by atoms with van der Waals surface area (Å²) in [6.45, 7) is 4.37. The zero-order chi connectivity index (χ0) is 9.31. The van der Waals surface area contributed by atoms with E-state index < -0.39 is 0 Å². The van der Waals surface area contributed by atoms with Gasteiger partial charge in [-0.25, -0.2) is 0 Å². The van der Waals surface area contributed by atoms with E-state index in [-0.39, 0.29) is 5.41 Å². The first-order valence-corrected chi connectivity index (χ1v) is 4.73. The van der Waals surface area contributed by atoms with Crippen molar-refractivity contribution in [1.29, 1.82) is 0 Å². The lowest BCUT2D eigenvalue weighted by molar-refractivity contribution is 0.332. The average Bonchev–Trinajstić information content (AvgIpc) is 2.54. The van der Waals surface area contributed by atoms with Crippen LogP contribution in [-0.2, 0) is 5.41 Å². The van der Waals surface area contributed by atoms with E-state index in [0.717, 1.165) is 18.8 Å². The van der Waals surface area contributed by atoms with E-state index in [9.17, 15) is 0 Å². The quantitative estimate of drug-likeness (QED) is 0.594. The molecule has 2 rings (SSSR count). The third-order valence-corrected chi connectivity index (χ3v) is 2.85. The van der Waals surface area contributed by atoms with Crippen LogP contribution in [0, 0.1) is 0 Å². The number of nitrogens with one attached hydrogen (secondary N) is 2. The number of aromatic amines is 1. The molecule has 0 aliphatic carbocycles. The normalized spacial score (nSPS) is 29.0. The molecule has 1 saturated heterocycles. The van der Waals surface area contributed by atoms with Crippen molar-refractivity contribution < 1.29 is 0 Å². The van der Waals surface area contributed by atoms with Crippen LogP contribution in [0.1, 0.15) is 25.5 Å². The van der Waals surface area contributed by atoms with Crippen molar-refractivity contribution in [1.82, 2.24) is 15.5 Å². The number of aromatic nitrogens is 2. The van der Waals surface area contributed by atoms with E-state index in [1.54, 1.807) is 0 Å². The van der Waals surface area contributed by atoms with Crippen LogP contribution in [0.15, 0.2) is 6.07 Å². The van der Waals surface area contributed by atoms with Crippen molar-refractivity contribution in [2.24, 2.45) is 0 Å². The lowest BCUT2D eigenvalue weighted by Gasteiger charge is -2.32. The number of H-pyrrole nitrogens is 1. The third-order valence-electron chi connectivity index (χ3n) is 2.85. The van der Waals surface area contributed by atoms with Crippen molar-refractivity contribution in [3.8, 4) is 0 Å². The van der Waals surface area contributed by atoms with Gasteiger partial charge in [-0.15, -0.1) is 0 Å². The van der Waals surface area contributed by atoms with E-state index in [0.29, 0.717) is 5.82 Å². The van der Waals surface area contributed by atoms with Crippen molar-refractivity contribution in [2.45, 2.75) is 25.2 Å². The Morgan fingerprint density at radius 1 is 1.62 bits per heavy atom. The van der Waals surface area contributed by atoms with Gasteiger partial charge in [0, 0.05) is 23.7 Å². The molecule has 1 unspecified atom stereocenters. The van der Waals surface area contributed by atoms with Gasteiger partial charge in [0.05, 0.1) is 0 Å². The molecule has 1 aliphatic heterocycles. The Morgan fingerprint density at radius 2 is 2.46 bits per heavy atom. The highest BCUT2D eigenvalue weighted by molar-refractivity contribution is 5.32. The molecular formula is C9H16N4. The van der Waals surface area contributed by atoms with Crippen LogP contribution in [0.2, 0.25) is 0 Å². The van der Waals surface area contributed by atoms with Gasteiger partial charge in [-0.1, -0.05) is 6.92 Å². The minimum absolute atomic E-state index is 0.183. The summed E-state index contributed by atoms with van der Waals surface area (Å²) in [5.41, 5.74) is 6.91. The first-order valence-electron chi connectivity index (χ1n) is 4.73. The standard InChI is InChI=1S/C9H16N4/c1-9(3-2-4-11-6-9)7-5-8(10)13-12-7/h5,11H,2-4,6H2,1H3,(H3,10,12,13). The largest absolute Gasteiger partial charge is 0.382 e. The molecule has 4 nitrogen and oxygen atoms in total. The summed E-state index contributed by atoms with van der Waals surface area (Å²) in [7, 11) is 0. The van der Waals surface area contributed by atoms with E-state index in [2.05, 4.69) is 22.4 Å². The Labute approximate surface area is 77.9 Å². The number of hydrogen-bond acceptors (Lipinski definition) is 3. The predicted octanol–water partition coefficient (Wildman–Crippen LogP) is 0.633. The minimum atomic E-state index is 0.183. The zero-order valence-corrected chi connectivity index (χ0v) is 7.93. The fourth-order valence-electron chi connectivity index (χ4n) is 1.93. The van der Waals surface area contributed by atoms with Gasteiger partial charge >= 0.3 is 0 Å². The molecule has 0 saturated carbocycles. The second kappa shape index (κ2) is 3.03. The first kappa shape index (κ1) is 8.56. The average molecular weight is 180 g/mol. The van der Waals surface area contributed by atoms with E-state index >= 15 is 0 Å². The molecule has 2 heterocycles. The first-order chi connectivity index (χ1) is 6.21. The van der Waals surface area contributed by atoms with Crippen LogP contribution in [0.4, 0.5) is 5.82 Å². The number of hydrogen-bond donors (Lipinski definition) is 3. The molecule has 1 aromatic heterocycles. The number of nitrogens with two attached hydrogens (primary N) is 1. The van der Waals surface area contributed by atoms with E-state index in [4.69, 9.17) is 5.73 Å². The summed E-state index contributed by atoms with van der Waals surface area (Å²) in [6, 6.07) is 1.94. The van der Waals surface area contributed by atoms with Gasteiger partial charge in [0.2, 0.25) is 0 Å². The second-order valence-corrected chi connectivity index (χ2v) is 4.05. The van der Waals surface area contributed by atoms with Crippen molar-refractivity contribution >= 4 is 5.82 Å². The summed E-state index contributed by atoms with van der Waals surface area (Å²) in [4.78, 5) is 0. The fraction of sp³-hybridized carbons (Fsp3) is 0.667. The van der Waals surface area contributed by atoms with Crippen LogP contribution in [-0.4, -0.2) is 23.3 Å². The molecule has 13 heavy (non-hydrogen) atoms. The highest BCUT2D eigenvalue weighted by atomic mass is 15.2. The summed E-state index contributed by atoms with van der Waals surface area (Å²) in [5, 5.41) is 10.4. The highest BCUT2D eigenvalue weighted by Gasteiger charge is 2.30. The Bertz CT molecular complexity index is 286. The van der Waals surface area contributed by atoms with Crippen LogP contribution in [0.25, 0.3) is 0 Å². The molecule has 0 amide bonds. The smallest absolute Gasteiger partial charge is 0.145 e. The maximum atomic E-state index is 5.58. The van der Waals surface area contributed by atoms with Gasteiger partial charge in [-0.3, -0.25) is 5.10 Å². The van der Waals surface area contributed by atoms with Gasteiger partial charge in [0.1, 0.15) is 5.82 Å². The van der Waals surface area contributed by atoms with Gasteiger partial charge in [-0.2, -0.15) is 5.10 Å². The molecular weight excluding hydrogens is 164 g/mol. The summed E-state index contributed by atoms with van der Waals surface area (Å²) < 4.78 is 0. The Hall–Kier alpha value is -1.03. The van der Waals surface area contributed by atoms with Gasteiger partial charge in [-0.05, 0) is 19.4 Å². The predicted molar refractivity (Wildman–Crippen MR) is 52.5 cm³/mol.